The molecule has 1 aliphatic heterocycles. The number of carbonyl (C=O) groups excluding carboxylic acids is 2. The number of rotatable bonds is 3. The highest BCUT2D eigenvalue weighted by atomic mass is 16.5. The molecule has 1 heterocycles. The number of carbonyl (C=O) groups is 2. The van der Waals surface area contributed by atoms with Crippen LogP contribution in [0.2, 0.25) is 0 Å². The van der Waals surface area contributed by atoms with Crippen LogP contribution < -0.4 is 4.74 Å². The van der Waals surface area contributed by atoms with Gasteiger partial charge in [-0.15, -0.1) is 0 Å². The van der Waals surface area contributed by atoms with Gasteiger partial charge in [-0.2, -0.15) is 0 Å². The second-order valence-electron chi connectivity index (χ2n) is 5.28. The fourth-order valence-electron chi connectivity index (χ4n) is 2.61. The summed E-state index contributed by atoms with van der Waals surface area (Å²) in [4.78, 5) is 26.1. The lowest BCUT2D eigenvalue weighted by Crippen LogP contribution is -2.44. The number of benzene rings is 1. The van der Waals surface area contributed by atoms with Crippen LogP contribution in [-0.4, -0.2) is 36.8 Å². The first-order valence-corrected chi connectivity index (χ1v) is 7.03. The number of hydrogen-bond donors (Lipinski definition) is 0. The molecule has 108 valence electrons. The average Bonchev–Trinajstić information content (AvgIpc) is 2.47. The van der Waals surface area contributed by atoms with Crippen LogP contribution in [0.4, 0.5) is 0 Å². The number of methoxy groups -OCH3 is 1. The molecule has 1 atom stereocenters. The molecule has 4 heteroatoms. The molecule has 0 N–H and O–H groups in total. The number of ether oxygens (including phenoxy) is 1. The maximum Gasteiger partial charge on any atom is 0.257 e. The third-order valence-corrected chi connectivity index (χ3v) is 3.89. The Bertz CT molecular complexity index is 524. The summed E-state index contributed by atoms with van der Waals surface area (Å²) in [7, 11) is 1.57. The molecule has 0 aromatic heterocycles. The maximum atomic E-state index is 12.6. The van der Waals surface area contributed by atoms with E-state index in [4.69, 9.17) is 4.74 Å². The molecular weight excluding hydrogens is 254 g/mol. The van der Waals surface area contributed by atoms with Gasteiger partial charge in [0, 0.05) is 25.4 Å². The number of piperidine rings is 1. The van der Waals surface area contributed by atoms with Gasteiger partial charge in [0.2, 0.25) is 0 Å². The van der Waals surface area contributed by atoms with E-state index in [0.717, 1.165) is 12.0 Å². The number of Topliss-reactive ketones (excluding diaryl/α,β-unsaturated/α-hetero) is 1. The van der Waals surface area contributed by atoms with Crippen molar-refractivity contribution in [1.29, 1.82) is 0 Å². The lowest BCUT2D eigenvalue weighted by molar-refractivity contribution is -0.125. The van der Waals surface area contributed by atoms with Crippen LogP contribution in [0.15, 0.2) is 18.2 Å². The zero-order chi connectivity index (χ0) is 14.7. The average molecular weight is 275 g/mol. The van der Waals surface area contributed by atoms with Crippen molar-refractivity contribution in [3.63, 3.8) is 0 Å². The van der Waals surface area contributed by atoms with Gasteiger partial charge in [-0.1, -0.05) is 18.6 Å². The second kappa shape index (κ2) is 6.07. The highest BCUT2D eigenvalue weighted by molar-refractivity contribution is 5.98. The van der Waals surface area contributed by atoms with Crippen molar-refractivity contribution in [2.24, 2.45) is 5.92 Å². The second-order valence-corrected chi connectivity index (χ2v) is 5.28. The Kier molecular flexibility index (Phi) is 4.42. The van der Waals surface area contributed by atoms with Crippen molar-refractivity contribution >= 4 is 11.7 Å². The first-order valence-electron chi connectivity index (χ1n) is 7.03. The zero-order valence-corrected chi connectivity index (χ0v) is 12.3. The Morgan fingerprint density at radius 3 is 2.85 bits per heavy atom. The Balaban J connectivity index is 2.23. The predicted octanol–water partition coefficient (Wildman–Crippen LogP) is 2.44. The Morgan fingerprint density at radius 1 is 1.45 bits per heavy atom. The molecular formula is C16H21NO3. The van der Waals surface area contributed by atoms with E-state index in [2.05, 4.69) is 0 Å². The number of ketones is 1. The highest BCUT2D eigenvalue weighted by Crippen LogP contribution is 2.24. The lowest BCUT2D eigenvalue weighted by Gasteiger charge is -2.31. The van der Waals surface area contributed by atoms with E-state index in [1.807, 2.05) is 32.0 Å². The van der Waals surface area contributed by atoms with Crippen LogP contribution in [0.1, 0.15) is 35.7 Å². The van der Waals surface area contributed by atoms with Crippen LogP contribution in [0.3, 0.4) is 0 Å². The van der Waals surface area contributed by atoms with Crippen LogP contribution in [0.25, 0.3) is 0 Å². The lowest BCUT2D eigenvalue weighted by atomic mass is 9.93. The molecule has 1 aliphatic rings. The van der Waals surface area contributed by atoms with Crippen molar-refractivity contribution in [2.45, 2.75) is 26.7 Å². The summed E-state index contributed by atoms with van der Waals surface area (Å²) in [6, 6.07) is 5.58. The molecule has 1 saturated heterocycles. The van der Waals surface area contributed by atoms with E-state index in [1.54, 1.807) is 12.0 Å². The first kappa shape index (κ1) is 14.6. The van der Waals surface area contributed by atoms with E-state index in [0.29, 0.717) is 30.8 Å². The van der Waals surface area contributed by atoms with Gasteiger partial charge >= 0.3 is 0 Å². The van der Waals surface area contributed by atoms with Gasteiger partial charge in [-0.3, -0.25) is 9.59 Å². The van der Waals surface area contributed by atoms with Gasteiger partial charge < -0.3 is 9.64 Å². The largest absolute Gasteiger partial charge is 0.496 e. The molecule has 0 aliphatic carbocycles. The van der Waals surface area contributed by atoms with Crippen molar-refractivity contribution in [3.8, 4) is 5.75 Å². The minimum Gasteiger partial charge on any atom is -0.496 e. The fourth-order valence-corrected chi connectivity index (χ4v) is 2.61. The zero-order valence-electron chi connectivity index (χ0n) is 12.3. The van der Waals surface area contributed by atoms with Gasteiger partial charge in [0.15, 0.2) is 0 Å². The quantitative estimate of drug-likeness (QED) is 0.851. The van der Waals surface area contributed by atoms with Crippen molar-refractivity contribution in [3.05, 3.63) is 29.3 Å². The molecule has 2 rings (SSSR count). The van der Waals surface area contributed by atoms with E-state index in [-0.39, 0.29) is 17.6 Å². The summed E-state index contributed by atoms with van der Waals surface area (Å²) in [6.45, 7) is 4.96. The number of hydrogen-bond acceptors (Lipinski definition) is 3. The summed E-state index contributed by atoms with van der Waals surface area (Å²) in [6.07, 6.45) is 1.24. The topological polar surface area (TPSA) is 46.6 Å². The van der Waals surface area contributed by atoms with E-state index < -0.39 is 0 Å². The standard InChI is InChI=1S/C16H21NO3/c1-4-12-10-17(8-7-14(12)18)16(19)13-9-11(2)5-6-15(13)20-3/h5-6,9,12H,4,7-8,10H2,1-3H3. The minimum absolute atomic E-state index is 0.0245. The maximum absolute atomic E-state index is 12.6. The van der Waals surface area contributed by atoms with Gasteiger partial charge in [0.05, 0.1) is 12.7 Å². The summed E-state index contributed by atoms with van der Waals surface area (Å²) in [5.74, 6) is 0.790. The van der Waals surface area contributed by atoms with E-state index in [9.17, 15) is 9.59 Å². The number of aryl methyl sites for hydroxylation is 1. The fraction of sp³-hybridized carbons (Fsp3) is 0.500. The number of nitrogens with zero attached hydrogens (tertiary/aromatic N) is 1. The Labute approximate surface area is 119 Å². The molecule has 0 saturated carbocycles. The monoisotopic (exact) mass is 275 g/mol. The van der Waals surface area contributed by atoms with Crippen molar-refractivity contribution in [2.75, 3.05) is 20.2 Å². The number of likely N-dealkylation sites (tertiary alicyclic amines) is 1. The van der Waals surface area contributed by atoms with Crippen molar-refractivity contribution in [1.82, 2.24) is 4.90 Å². The van der Waals surface area contributed by atoms with Crippen LogP contribution in [-0.2, 0) is 4.79 Å². The normalized spacial score (nSPS) is 19.1. The predicted molar refractivity (Wildman–Crippen MR) is 77.0 cm³/mol. The summed E-state index contributed by atoms with van der Waals surface area (Å²) in [5, 5.41) is 0. The summed E-state index contributed by atoms with van der Waals surface area (Å²) in [5.41, 5.74) is 1.60. The number of amides is 1. The third-order valence-electron chi connectivity index (χ3n) is 3.89. The highest BCUT2D eigenvalue weighted by Gasteiger charge is 2.30. The molecule has 1 unspecified atom stereocenters. The SMILES string of the molecule is CCC1CN(C(=O)c2cc(C)ccc2OC)CCC1=O. The minimum atomic E-state index is -0.0449. The Morgan fingerprint density at radius 2 is 2.20 bits per heavy atom. The smallest absolute Gasteiger partial charge is 0.257 e. The van der Waals surface area contributed by atoms with Crippen LogP contribution >= 0.6 is 0 Å². The molecule has 1 amide bonds. The summed E-state index contributed by atoms with van der Waals surface area (Å²) >= 11 is 0. The Hall–Kier alpha value is -1.84. The van der Waals surface area contributed by atoms with Crippen LogP contribution in [0, 0.1) is 12.8 Å². The van der Waals surface area contributed by atoms with Gasteiger partial charge in [-0.05, 0) is 25.5 Å². The van der Waals surface area contributed by atoms with Crippen molar-refractivity contribution < 1.29 is 14.3 Å². The van der Waals surface area contributed by atoms with Crippen LogP contribution in [0.5, 0.6) is 5.75 Å². The molecule has 20 heavy (non-hydrogen) atoms. The van der Waals surface area contributed by atoms with Gasteiger partial charge in [0.25, 0.3) is 5.91 Å². The molecule has 1 fully saturated rings. The van der Waals surface area contributed by atoms with E-state index >= 15 is 0 Å². The summed E-state index contributed by atoms with van der Waals surface area (Å²) < 4.78 is 5.27. The molecule has 0 spiro atoms. The molecule has 0 radical (unpaired) electrons. The molecule has 1 aromatic carbocycles. The first-order chi connectivity index (χ1) is 9.56. The van der Waals surface area contributed by atoms with Gasteiger partial charge in [-0.25, -0.2) is 0 Å². The van der Waals surface area contributed by atoms with Gasteiger partial charge in [0.1, 0.15) is 11.5 Å². The molecule has 0 bridgehead atoms. The molecule has 4 nitrogen and oxygen atoms in total. The van der Waals surface area contributed by atoms with E-state index in [1.165, 1.54) is 0 Å². The molecule has 1 aromatic rings. The third kappa shape index (κ3) is 2.84.